The van der Waals surface area contributed by atoms with Crippen molar-refractivity contribution in [3.05, 3.63) is 10.6 Å². The molecule has 0 saturated heterocycles. The number of hydrogen-bond acceptors (Lipinski definition) is 4. The molecule has 3 N–H and O–H groups in total. The number of rotatable bonds is 4. The van der Waals surface area contributed by atoms with Crippen molar-refractivity contribution in [3.63, 3.8) is 0 Å². The van der Waals surface area contributed by atoms with Crippen LogP contribution in [0.3, 0.4) is 0 Å². The number of nitrogens with zero attached hydrogens (tertiary/aromatic N) is 1. The van der Waals surface area contributed by atoms with Gasteiger partial charge in [-0.2, -0.15) is 0 Å². The second kappa shape index (κ2) is 4.41. The Morgan fingerprint density at radius 3 is 2.57 bits per heavy atom. The summed E-state index contributed by atoms with van der Waals surface area (Å²) in [4.78, 5) is 15.5. The SMILES string of the molecule is CCC(CC)c1sc(N)nc1C(=O)O. The number of carboxylic acids is 1. The van der Waals surface area contributed by atoms with Gasteiger partial charge in [0.2, 0.25) is 0 Å². The van der Waals surface area contributed by atoms with Crippen LogP contribution >= 0.6 is 11.3 Å². The lowest BCUT2D eigenvalue weighted by Crippen LogP contribution is -2.04. The van der Waals surface area contributed by atoms with Crippen LogP contribution in [0.4, 0.5) is 5.13 Å². The van der Waals surface area contributed by atoms with E-state index in [0.29, 0.717) is 5.13 Å². The summed E-state index contributed by atoms with van der Waals surface area (Å²) in [6.07, 6.45) is 1.83. The first-order valence-electron chi connectivity index (χ1n) is 4.59. The van der Waals surface area contributed by atoms with Crippen LogP contribution in [0.2, 0.25) is 0 Å². The topological polar surface area (TPSA) is 76.2 Å². The fraction of sp³-hybridized carbons (Fsp3) is 0.556. The normalized spacial score (nSPS) is 10.8. The second-order valence-corrected chi connectivity index (χ2v) is 4.15. The Kier molecular flexibility index (Phi) is 3.46. The molecule has 0 saturated carbocycles. The van der Waals surface area contributed by atoms with E-state index in [1.54, 1.807) is 0 Å². The van der Waals surface area contributed by atoms with E-state index in [4.69, 9.17) is 10.8 Å². The van der Waals surface area contributed by atoms with Crippen LogP contribution in [0, 0.1) is 0 Å². The minimum absolute atomic E-state index is 0.126. The molecule has 0 bridgehead atoms. The Bertz CT molecular complexity index is 332. The number of carbonyl (C=O) groups is 1. The Labute approximate surface area is 86.8 Å². The largest absolute Gasteiger partial charge is 0.476 e. The van der Waals surface area contributed by atoms with Gasteiger partial charge in [0.1, 0.15) is 0 Å². The number of anilines is 1. The number of thiazole rings is 1. The molecule has 0 atom stereocenters. The standard InChI is InChI=1S/C9H14N2O2S/c1-3-5(4-2)7-6(8(12)13)11-9(10)14-7/h5H,3-4H2,1-2H3,(H2,10,11)(H,12,13). The predicted molar refractivity (Wildman–Crippen MR) is 56.8 cm³/mol. The van der Waals surface area contributed by atoms with Crippen molar-refractivity contribution in [1.82, 2.24) is 4.98 Å². The monoisotopic (exact) mass is 214 g/mol. The van der Waals surface area contributed by atoms with E-state index in [9.17, 15) is 4.79 Å². The van der Waals surface area contributed by atoms with Crippen molar-refractivity contribution in [2.75, 3.05) is 5.73 Å². The number of aromatic carboxylic acids is 1. The van der Waals surface area contributed by atoms with Crippen molar-refractivity contribution >= 4 is 22.4 Å². The molecule has 0 aromatic carbocycles. The molecule has 5 heteroatoms. The minimum atomic E-state index is -0.986. The highest BCUT2D eigenvalue weighted by atomic mass is 32.1. The molecule has 0 radical (unpaired) electrons. The van der Waals surface area contributed by atoms with Crippen molar-refractivity contribution in [3.8, 4) is 0 Å². The third-order valence-electron chi connectivity index (χ3n) is 2.23. The number of carboxylic acid groups (broad SMARTS) is 1. The van der Waals surface area contributed by atoms with Crippen molar-refractivity contribution in [2.24, 2.45) is 0 Å². The van der Waals surface area contributed by atoms with Crippen LogP contribution in [-0.2, 0) is 0 Å². The smallest absolute Gasteiger partial charge is 0.355 e. The Balaban J connectivity index is 3.11. The molecule has 14 heavy (non-hydrogen) atoms. The molecule has 0 unspecified atom stereocenters. The van der Waals surface area contributed by atoms with Gasteiger partial charge in [0.25, 0.3) is 0 Å². The molecule has 1 aromatic heterocycles. The van der Waals surface area contributed by atoms with Crippen LogP contribution in [0.25, 0.3) is 0 Å². The molecule has 1 rings (SSSR count). The van der Waals surface area contributed by atoms with Gasteiger partial charge in [0.05, 0.1) is 0 Å². The predicted octanol–water partition coefficient (Wildman–Crippen LogP) is 2.33. The van der Waals surface area contributed by atoms with Gasteiger partial charge >= 0.3 is 5.97 Å². The van der Waals surface area contributed by atoms with E-state index in [2.05, 4.69) is 4.98 Å². The molecular formula is C9H14N2O2S. The van der Waals surface area contributed by atoms with Gasteiger partial charge in [0, 0.05) is 4.88 Å². The van der Waals surface area contributed by atoms with Gasteiger partial charge in [-0.15, -0.1) is 11.3 Å². The van der Waals surface area contributed by atoms with Gasteiger partial charge < -0.3 is 10.8 Å². The van der Waals surface area contributed by atoms with Crippen LogP contribution in [0.15, 0.2) is 0 Å². The van der Waals surface area contributed by atoms with E-state index in [-0.39, 0.29) is 11.6 Å². The Morgan fingerprint density at radius 2 is 2.14 bits per heavy atom. The van der Waals surface area contributed by atoms with Gasteiger partial charge in [0.15, 0.2) is 10.8 Å². The molecular weight excluding hydrogens is 200 g/mol. The Morgan fingerprint density at radius 1 is 1.57 bits per heavy atom. The molecule has 0 amide bonds. The zero-order chi connectivity index (χ0) is 10.7. The minimum Gasteiger partial charge on any atom is -0.476 e. The first-order chi connectivity index (χ1) is 6.60. The fourth-order valence-corrected chi connectivity index (χ4v) is 2.53. The van der Waals surface area contributed by atoms with E-state index >= 15 is 0 Å². The average Bonchev–Trinajstić information content (AvgIpc) is 2.50. The number of hydrogen-bond donors (Lipinski definition) is 2. The highest BCUT2D eigenvalue weighted by Crippen LogP contribution is 2.32. The summed E-state index contributed by atoms with van der Waals surface area (Å²) in [6, 6.07) is 0. The van der Waals surface area contributed by atoms with Crippen molar-refractivity contribution < 1.29 is 9.90 Å². The lowest BCUT2D eigenvalue weighted by Gasteiger charge is -2.09. The molecule has 0 spiro atoms. The maximum Gasteiger partial charge on any atom is 0.355 e. The summed E-state index contributed by atoms with van der Waals surface area (Å²) in [5.41, 5.74) is 5.63. The maximum absolute atomic E-state index is 10.9. The Hall–Kier alpha value is -1.10. The van der Waals surface area contributed by atoms with Crippen LogP contribution < -0.4 is 5.73 Å². The van der Waals surface area contributed by atoms with Gasteiger partial charge in [-0.25, -0.2) is 9.78 Å². The van der Waals surface area contributed by atoms with Crippen LogP contribution in [0.5, 0.6) is 0 Å². The second-order valence-electron chi connectivity index (χ2n) is 3.08. The first-order valence-corrected chi connectivity index (χ1v) is 5.41. The molecule has 0 aliphatic heterocycles. The summed E-state index contributed by atoms with van der Waals surface area (Å²) in [6.45, 7) is 4.07. The van der Waals surface area contributed by atoms with Crippen LogP contribution in [0.1, 0.15) is 48.0 Å². The van der Waals surface area contributed by atoms with E-state index in [1.165, 1.54) is 11.3 Å². The maximum atomic E-state index is 10.9. The molecule has 0 aliphatic carbocycles. The zero-order valence-corrected chi connectivity index (χ0v) is 9.10. The third-order valence-corrected chi connectivity index (χ3v) is 3.28. The number of nitrogen functional groups attached to an aromatic ring is 1. The highest BCUT2D eigenvalue weighted by molar-refractivity contribution is 7.15. The summed E-state index contributed by atoms with van der Waals surface area (Å²) in [7, 11) is 0. The third kappa shape index (κ3) is 2.04. The van der Waals surface area contributed by atoms with Crippen LogP contribution in [-0.4, -0.2) is 16.1 Å². The van der Waals surface area contributed by atoms with Crippen molar-refractivity contribution in [1.29, 1.82) is 0 Å². The molecule has 1 aromatic rings. The zero-order valence-electron chi connectivity index (χ0n) is 8.28. The molecule has 78 valence electrons. The van der Waals surface area contributed by atoms with Gasteiger partial charge in [-0.3, -0.25) is 0 Å². The van der Waals surface area contributed by atoms with Gasteiger partial charge in [-0.1, -0.05) is 13.8 Å². The van der Waals surface area contributed by atoms with Gasteiger partial charge in [-0.05, 0) is 18.8 Å². The molecule has 0 fully saturated rings. The van der Waals surface area contributed by atoms with E-state index in [0.717, 1.165) is 17.7 Å². The lowest BCUT2D eigenvalue weighted by atomic mass is 10.0. The quantitative estimate of drug-likeness (QED) is 0.806. The molecule has 1 heterocycles. The van der Waals surface area contributed by atoms with Crippen molar-refractivity contribution in [2.45, 2.75) is 32.6 Å². The highest BCUT2D eigenvalue weighted by Gasteiger charge is 2.21. The lowest BCUT2D eigenvalue weighted by molar-refractivity contribution is 0.0689. The van der Waals surface area contributed by atoms with E-state index < -0.39 is 5.97 Å². The summed E-state index contributed by atoms with van der Waals surface area (Å²) < 4.78 is 0. The summed E-state index contributed by atoms with van der Waals surface area (Å²) >= 11 is 1.29. The number of aromatic nitrogens is 1. The first kappa shape index (κ1) is 11.0. The summed E-state index contributed by atoms with van der Waals surface area (Å²) in [5, 5.41) is 9.24. The summed E-state index contributed by atoms with van der Waals surface area (Å²) in [5.74, 6) is -0.726. The number of nitrogens with two attached hydrogens (primary N) is 1. The fourth-order valence-electron chi connectivity index (χ4n) is 1.44. The average molecular weight is 214 g/mol. The molecule has 4 nitrogen and oxygen atoms in total. The molecule has 0 aliphatic rings. The van der Waals surface area contributed by atoms with E-state index in [1.807, 2.05) is 13.8 Å².